The minimum Gasteiger partial charge on any atom is -0.318 e. The van der Waals surface area contributed by atoms with Crippen LogP contribution in [0.4, 0.5) is 0 Å². The molecule has 14 heavy (non-hydrogen) atoms. The van der Waals surface area contributed by atoms with Crippen molar-refractivity contribution < 1.29 is 8.42 Å². The van der Waals surface area contributed by atoms with Crippen LogP contribution in [-0.4, -0.2) is 39.9 Å². The summed E-state index contributed by atoms with van der Waals surface area (Å²) >= 11 is 1.24. The topological polar surface area (TPSA) is 49.4 Å². The third-order valence-corrected chi connectivity index (χ3v) is 5.07. The van der Waals surface area contributed by atoms with Crippen LogP contribution in [0.1, 0.15) is 0 Å². The number of hydrogen-bond donors (Lipinski definition) is 1. The summed E-state index contributed by atoms with van der Waals surface area (Å²) in [5.41, 5.74) is 0. The lowest BCUT2D eigenvalue weighted by Gasteiger charge is -2.15. The molecule has 1 rings (SSSR count). The maximum absolute atomic E-state index is 11.8. The number of nitrogens with one attached hydrogen (secondary N) is 1. The minimum atomic E-state index is -3.26. The third kappa shape index (κ3) is 2.54. The second-order valence-electron chi connectivity index (χ2n) is 2.86. The van der Waals surface area contributed by atoms with E-state index in [-0.39, 0.29) is 0 Å². The number of hydrogen-bond acceptors (Lipinski definition) is 4. The normalized spacial score (nSPS) is 12.2. The molecule has 4 nitrogen and oxygen atoms in total. The molecule has 0 radical (unpaired) electrons. The molecule has 1 N–H and O–H groups in total. The molecule has 1 heterocycles. The molecule has 1 aromatic rings. The Bertz CT molecular complexity index is 359. The summed E-state index contributed by atoms with van der Waals surface area (Å²) in [5, 5.41) is 4.68. The number of sulfonamides is 1. The van der Waals surface area contributed by atoms with Gasteiger partial charge in [0.1, 0.15) is 4.21 Å². The van der Waals surface area contributed by atoms with Crippen LogP contribution in [0.25, 0.3) is 0 Å². The Balaban J connectivity index is 2.76. The molecule has 80 valence electrons. The zero-order valence-electron chi connectivity index (χ0n) is 8.23. The molecular formula is C8H14N2O2S2. The summed E-state index contributed by atoms with van der Waals surface area (Å²) in [6.07, 6.45) is 0. The van der Waals surface area contributed by atoms with Crippen molar-refractivity contribution in [1.82, 2.24) is 9.62 Å². The minimum absolute atomic E-state index is 0.399. The van der Waals surface area contributed by atoms with Gasteiger partial charge in [-0.1, -0.05) is 6.07 Å². The summed E-state index contributed by atoms with van der Waals surface area (Å²) in [4.78, 5) is 0. The van der Waals surface area contributed by atoms with Crippen LogP contribution < -0.4 is 5.32 Å². The smallest absolute Gasteiger partial charge is 0.252 e. The van der Waals surface area contributed by atoms with E-state index >= 15 is 0 Å². The van der Waals surface area contributed by atoms with Gasteiger partial charge in [0.25, 0.3) is 10.0 Å². The average Bonchev–Trinajstić information content (AvgIpc) is 2.67. The number of likely N-dealkylation sites (N-methyl/N-ethyl adjacent to an activating group) is 2. The first-order valence-corrected chi connectivity index (χ1v) is 6.55. The summed E-state index contributed by atoms with van der Waals surface area (Å²) in [6, 6.07) is 3.36. The van der Waals surface area contributed by atoms with Gasteiger partial charge >= 0.3 is 0 Å². The Morgan fingerprint density at radius 3 is 2.79 bits per heavy atom. The van der Waals surface area contributed by atoms with E-state index in [1.54, 1.807) is 31.6 Å². The van der Waals surface area contributed by atoms with Gasteiger partial charge in [0.2, 0.25) is 0 Å². The maximum Gasteiger partial charge on any atom is 0.252 e. The van der Waals surface area contributed by atoms with Gasteiger partial charge in [-0.05, 0) is 18.5 Å². The fourth-order valence-electron chi connectivity index (χ4n) is 0.953. The Hall–Kier alpha value is -0.430. The summed E-state index contributed by atoms with van der Waals surface area (Å²) in [7, 11) is 0.131. The van der Waals surface area contributed by atoms with Gasteiger partial charge in [-0.25, -0.2) is 8.42 Å². The molecular weight excluding hydrogens is 220 g/mol. The van der Waals surface area contributed by atoms with Gasteiger partial charge in [0.05, 0.1) is 0 Å². The van der Waals surface area contributed by atoms with Crippen LogP contribution in [0.5, 0.6) is 0 Å². The molecule has 0 aliphatic carbocycles. The lowest BCUT2D eigenvalue weighted by Crippen LogP contribution is -2.32. The first-order valence-electron chi connectivity index (χ1n) is 4.23. The summed E-state index contributed by atoms with van der Waals surface area (Å²) in [6.45, 7) is 1.14. The van der Waals surface area contributed by atoms with Crippen LogP contribution in [0, 0.1) is 0 Å². The van der Waals surface area contributed by atoms with Crippen molar-refractivity contribution in [2.45, 2.75) is 4.21 Å². The highest BCUT2D eigenvalue weighted by molar-refractivity contribution is 7.91. The largest absolute Gasteiger partial charge is 0.318 e. The van der Waals surface area contributed by atoms with Crippen molar-refractivity contribution in [2.24, 2.45) is 0 Å². The molecule has 0 saturated carbocycles. The SMILES string of the molecule is CNCCN(C)S(=O)(=O)c1cccs1. The molecule has 0 bridgehead atoms. The lowest BCUT2D eigenvalue weighted by molar-refractivity contribution is 0.467. The summed E-state index contributed by atoms with van der Waals surface area (Å²) in [5.74, 6) is 0. The second kappa shape index (κ2) is 4.88. The van der Waals surface area contributed by atoms with E-state index in [0.29, 0.717) is 17.3 Å². The first-order chi connectivity index (χ1) is 6.59. The van der Waals surface area contributed by atoms with Gasteiger partial charge in [-0.3, -0.25) is 0 Å². The zero-order chi connectivity index (χ0) is 10.6. The van der Waals surface area contributed by atoms with Gasteiger partial charge in [0.15, 0.2) is 0 Å². The van der Waals surface area contributed by atoms with Gasteiger partial charge < -0.3 is 5.32 Å². The molecule has 6 heteroatoms. The number of rotatable bonds is 5. The van der Waals surface area contributed by atoms with Gasteiger partial charge in [-0.2, -0.15) is 4.31 Å². The molecule has 0 spiro atoms. The van der Waals surface area contributed by atoms with Gasteiger partial charge in [0, 0.05) is 20.1 Å². The van der Waals surface area contributed by atoms with E-state index in [0.717, 1.165) is 0 Å². The quantitative estimate of drug-likeness (QED) is 0.811. The van der Waals surface area contributed by atoms with Crippen molar-refractivity contribution in [3.8, 4) is 0 Å². The molecule has 0 aliphatic rings. The summed E-state index contributed by atoms with van der Waals surface area (Å²) < 4.78 is 25.4. The molecule has 0 fully saturated rings. The standard InChI is InChI=1S/C8H14N2O2S2/c1-9-5-6-10(2)14(11,12)8-4-3-7-13-8/h3-4,7,9H,5-6H2,1-2H3. The van der Waals surface area contributed by atoms with Crippen LogP contribution in [0.15, 0.2) is 21.7 Å². The Kier molecular flexibility index (Phi) is 4.06. The Morgan fingerprint density at radius 2 is 2.29 bits per heavy atom. The monoisotopic (exact) mass is 234 g/mol. The van der Waals surface area contributed by atoms with Crippen LogP contribution >= 0.6 is 11.3 Å². The van der Waals surface area contributed by atoms with E-state index < -0.39 is 10.0 Å². The molecule has 0 aliphatic heterocycles. The van der Waals surface area contributed by atoms with Crippen molar-refractivity contribution in [3.63, 3.8) is 0 Å². The predicted octanol–water partition coefficient (Wildman–Crippen LogP) is 0.588. The Morgan fingerprint density at radius 1 is 1.57 bits per heavy atom. The third-order valence-electron chi connectivity index (χ3n) is 1.84. The van der Waals surface area contributed by atoms with Crippen LogP contribution in [-0.2, 0) is 10.0 Å². The Labute approximate surface area is 88.6 Å². The number of nitrogens with zero attached hydrogens (tertiary/aromatic N) is 1. The van der Waals surface area contributed by atoms with Crippen molar-refractivity contribution in [2.75, 3.05) is 27.2 Å². The highest BCUT2D eigenvalue weighted by Gasteiger charge is 2.20. The molecule has 1 aromatic heterocycles. The molecule has 0 amide bonds. The van der Waals surface area contributed by atoms with Crippen molar-refractivity contribution >= 4 is 21.4 Å². The fourth-order valence-corrected chi connectivity index (χ4v) is 3.33. The predicted molar refractivity (Wildman–Crippen MR) is 58.1 cm³/mol. The highest BCUT2D eigenvalue weighted by atomic mass is 32.2. The van der Waals surface area contributed by atoms with E-state index in [4.69, 9.17) is 0 Å². The number of thiophene rings is 1. The van der Waals surface area contributed by atoms with Crippen molar-refractivity contribution in [1.29, 1.82) is 0 Å². The highest BCUT2D eigenvalue weighted by Crippen LogP contribution is 2.19. The lowest BCUT2D eigenvalue weighted by atomic mass is 10.6. The van der Waals surface area contributed by atoms with E-state index in [1.807, 2.05) is 0 Å². The van der Waals surface area contributed by atoms with E-state index in [1.165, 1.54) is 15.6 Å². The average molecular weight is 234 g/mol. The molecule has 0 unspecified atom stereocenters. The molecule has 0 atom stereocenters. The molecule has 0 saturated heterocycles. The van der Waals surface area contributed by atoms with Crippen molar-refractivity contribution in [3.05, 3.63) is 17.5 Å². The molecule has 0 aromatic carbocycles. The zero-order valence-corrected chi connectivity index (χ0v) is 9.86. The van der Waals surface area contributed by atoms with Crippen LogP contribution in [0.2, 0.25) is 0 Å². The van der Waals surface area contributed by atoms with E-state index in [9.17, 15) is 8.42 Å². The van der Waals surface area contributed by atoms with Crippen LogP contribution in [0.3, 0.4) is 0 Å². The first kappa shape index (κ1) is 11.6. The fraction of sp³-hybridized carbons (Fsp3) is 0.500. The van der Waals surface area contributed by atoms with E-state index in [2.05, 4.69) is 5.32 Å². The van der Waals surface area contributed by atoms with Gasteiger partial charge in [-0.15, -0.1) is 11.3 Å². The maximum atomic E-state index is 11.8. The second-order valence-corrected chi connectivity index (χ2v) is 6.08.